The first kappa shape index (κ1) is 16.0. The topological polar surface area (TPSA) is 52.6 Å². The predicted octanol–water partition coefficient (Wildman–Crippen LogP) is 2.08. The number of hydrogen-bond acceptors (Lipinski definition) is 4. The minimum Gasteiger partial charge on any atom is -0.480 e. The zero-order valence-corrected chi connectivity index (χ0v) is 12.5. The van der Waals surface area contributed by atoms with E-state index in [4.69, 9.17) is 0 Å². The molecule has 0 saturated heterocycles. The zero-order valence-electron chi connectivity index (χ0n) is 11.7. The Kier molecular flexibility index (Phi) is 6.91. The number of benzene rings is 1. The largest absolute Gasteiger partial charge is 0.480 e. The fourth-order valence-corrected chi connectivity index (χ4v) is 2.19. The van der Waals surface area contributed by atoms with E-state index in [0.717, 1.165) is 23.4 Å². The van der Waals surface area contributed by atoms with Gasteiger partial charge in [-0.05, 0) is 57.6 Å². The maximum absolute atomic E-state index is 11.3. The Morgan fingerprint density at radius 1 is 1.37 bits per heavy atom. The Hall–Kier alpha value is -1.04. The van der Waals surface area contributed by atoms with Crippen molar-refractivity contribution < 1.29 is 9.90 Å². The number of carboxylic acids is 1. The summed E-state index contributed by atoms with van der Waals surface area (Å²) in [5, 5.41) is 12.4. The zero-order chi connectivity index (χ0) is 14.3. The van der Waals surface area contributed by atoms with E-state index in [1.807, 2.05) is 44.6 Å². The maximum Gasteiger partial charge on any atom is 0.325 e. The third-order valence-corrected chi connectivity index (χ3v) is 3.57. The standard InChI is InChI=1S/C14H22N2O2S/c1-16(2)10-4-9-15-13(14(17)18)11-5-7-12(19-3)8-6-11/h5-8,13,15H,4,9-10H2,1-3H3,(H,17,18). The van der Waals surface area contributed by atoms with Crippen LogP contribution >= 0.6 is 11.8 Å². The number of hydrogen-bond donors (Lipinski definition) is 2. The van der Waals surface area contributed by atoms with Gasteiger partial charge in [-0.2, -0.15) is 0 Å². The van der Waals surface area contributed by atoms with Crippen LogP contribution in [0.15, 0.2) is 29.2 Å². The fraction of sp³-hybridized carbons (Fsp3) is 0.500. The fourth-order valence-electron chi connectivity index (χ4n) is 1.79. The van der Waals surface area contributed by atoms with Crippen molar-refractivity contribution in [3.8, 4) is 0 Å². The molecule has 0 saturated carbocycles. The summed E-state index contributed by atoms with van der Waals surface area (Å²) in [6.45, 7) is 1.64. The van der Waals surface area contributed by atoms with Crippen LogP contribution in [-0.4, -0.2) is 49.4 Å². The molecule has 0 spiro atoms. The third-order valence-electron chi connectivity index (χ3n) is 2.83. The van der Waals surface area contributed by atoms with Gasteiger partial charge in [-0.25, -0.2) is 0 Å². The Labute approximate surface area is 119 Å². The maximum atomic E-state index is 11.3. The Morgan fingerprint density at radius 3 is 2.47 bits per heavy atom. The van der Waals surface area contributed by atoms with E-state index in [1.165, 1.54) is 0 Å². The second-order valence-corrected chi connectivity index (χ2v) is 5.54. The molecule has 0 aliphatic rings. The first-order valence-corrected chi connectivity index (χ1v) is 7.52. The number of aliphatic carboxylic acids is 1. The molecule has 2 N–H and O–H groups in total. The molecule has 19 heavy (non-hydrogen) atoms. The van der Waals surface area contributed by atoms with Crippen LogP contribution in [0.4, 0.5) is 0 Å². The Morgan fingerprint density at radius 2 is 2.00 bits per heavy atom. The number of thioether (sulfide) groups is 1. The van der Waals surface area contributed by atoms with Crippen molar-refractivity contribution in [3.05, 3.63) is 29.8 Å². The smallest absolute Gasteiger partial charge is 0.325 e. The van der Waals surface area contributed by atoms with Gasteiger partial charge < -0.3 is 15.3 Å². The summed E-state index contributed by atoms with van der Waals surface area (Å²) in [5.41, 5.74) is 0.801. The lowest BCUT2D eigenvalue weighted by Gasteiger charge is -2.16. The molecule has 1 aromatic rings. The molecule has 1 aromatic carbocycles. The molecule has 106 valence electrons. The minimum atomic E-state index is -0.832. The molecule has 0 radical (unpaired) electrons. The molecular weight excluding hydrogens is 260 g/mol. The quantitative estimate of drug-likeness (QED) is 0.565. The Balaban J connectivity index is 2.58. The number of nitrogens with one attached hydrogen (secondary N) is 1. The first-order chi connectivity index (χ1) is 9.04. The van der Waals surface area contributed by atoms with Crippen LogP contribution in [0.2, 0.25) is 0 Å². The number of nitrogens with zero attached hydrogens (tertiary/aromatic N) is 1. The highest BCUT2D eigenvalue weighted by atomic mass is 32.2. The van der Waals surface area contributed by atoms with Crippen LogP contribution in [0.1, 0.15) is 18.0 Å². The van der Waals surface area contributed by atoms with Crippen LogP contribution < -0.4 is 5.32 Å². The molecule has 0 heterocycles. The van der Waals surface area contributed by atoms with Crippen molar-refractivity contribution in [2.75, 3.05) is 33.4 Å². The Bertz CT molecular complexity index is 393. The molecular formula is C14H22N2O2S. The summed E-state index contributed by atoms with van der Waals surface area (Å²) < 4.78 is 0. The molecule has 1 unspecified atom stereocenters. The minimum absolute atomic E-state index is 0.627. The normalized spacial score (nSPS) is 12.6. The van der Waals surface area contributed by atoms with Gasteiger partial charge in [-0.3, -0.25) is 4.79 Å². The third kappa shape index (κ3) is 5.63. The average Bonchev–Trinajstić information content (AvgIpc) is 2.38. The van der Waals surface area contributed by atoms with Gasteiger partial charge in [-0.1, -0.05) is 12.1 Å². The van der Waals surface area contributed by atoms with Gasteiger partial charge in [0.25, 0.3) is 0 Å². The SMILES string of the molecule is CSc1ccc(C(NCCCN(C)C)C(=O)O)cc1. The second-order valence-electron chi connectivity index (χ2n) is 4.66. The molecule has 0 aliphatic carbocycles. The number of carboxylic acid groups (broad SMARTS) is 1. The molecule has 0 bridgehead atoms. The number of carbonyl (C=O) groups is 1. The van der Waals surface area contributed by atoms with E-state index in [0.29, 0.717) is 6.54 Å². The molecule has 5 heteroatoms. The molecule has 0 fully saturated rings. The summed E-state index contributed by atoms with van der Waals surface area (Å²) in [4.78, 5) is 14.5. The van der Waals surface area contributed by atoms with Gasteiger partial charge in [-0.15, -0.1) is 11.8 Å². The van der Waals surface area contributed by atoms with Crippen LogP contribution in [0, 0.1) is 0 Å². The van der Waals surface area contributed by atoms with Gasteiger partial charge in [0.2, 0.25) is 0 Å². The molecule has 1 atom stereocenters. The molecule has 0 amide bonds. The summed E-state index contributed by atoms with van der Waals surface area (Å²) in [6.07, 6.45) is 2.93. The van der Waals surface area contributed by atoms with E-state index in [-0.39, 0.29) is 0 Å². The van der Waals surface area contributed by atoms with Gasteiger partial charge in [0.15, 0.2) is 0 Å². The monoisotopic (exact) mass is 282 g/mol. The van der Waals surface area contributed by atoms with Gasteiger partial charge in [0, 0.05) is 4.90 Å². The van der Waals surface area contributed by atoms with Crippen LogP contribution in [0.5, 0.6) is 0 Å². The van der Waals surface area contributed by atoms with Crippen LogP contribution in [-0.2, 0) is 4.79 Å². The number of rotatable bonds is 8. The van der Waals surface area contributed by atoms with E-state index in [1.54, 1.807) is 11.8 Å². The van der Waals surface area contributed by atoms with Gasteiger partial charge in [0.1, 0.15) is 6.04 Å². The van der Waals surface area contributed by atoms with Crippen molar-refractivity contribution in [2.45, 2.75) is 17.4 Å². The highest BCUT2D eigenvalue weighted by Gasteiger charge is 2.18. The molecule has 0 aliphatic heterocycles. The summed E-state index contributed by atoms with van der Waals surface area (Å²) in [5.74, 6) is -0.832. The van der Waals surface area contributed by atoms with Crippen LogP contribution in [0.3, 0.4) is 0 Å². The lowest BCUT2D eigenvalue weighted by molar-refractivity contribution is -0.139. The first-order valence-electron chi connectivity index (χ1n) is 6.29. The lowest BCUT2D eigenvalue weighted by atomic mass is 10.1. The molecule has 1 rings (SSSR count). The van der Waals surface area contributed by atoms with Gasteiger partial charge >= 0.3 is 5.97 Å². The van der Waals surface area contributed by atoms with E-state index in [9.17, 15) is 9.90 Å². The lowest BCUT2D eigenvalue weighted by Crippen LogP contribution is -2.30. The van der Waals surface area contributed by atoms with E-state index >= 15 is 0 Å². The van der Waals surface area contributed by atoms with Crippen molar-refractivity contribution >= 4 is 17.7 Å². The second kappa shape index (κ2) is 8.19. The molecule has 0 aromatic heterocycles. The van der Waals surface area contributed by atoms with Crippen molar-refractivity contribution in [3.63, 3.8) is 0 Å². The molecule has 4 nitrogen and oxygen atoms in total. The van der Waals surface area contributed by atoms with E-state index in [2.05, 4.69) is 10.2 Å². The van der Waals surface area contributed by atoms with Crippen molar-refractivity contribution in [1.82, 2.24) is 10.2 Å². The van der Waals surface area contributed by atoms with E-state index < -0.39 is 12.0 Å². The predicted molar refractivity (Wildman–Crippen MR) is 79.8 cm³/mol. The highest BCUT2D eigenvalue weighted by molar-refractivity contribution is 7.98. The summed E-state index contributed by atoms with van der Waals surface area (Å²) >= 11 is 1.65. The van der Waals surface area contributed by atoms with Crippen molar-refractivity contribution in [2.24, 2.45) is 0 Å². The summed E-state index contributed by atoms with van der Waals surface area (Å²) in [6, 6.07) is 7.04. The van der Waals surface area contributed by atoms with Gasteiger partial charge in [0.05, 0.1) is 0 Å². The summed E-state index contributed by atoms with van der Waals surface area (Å²) in [7, 11) is 4.02. The highest BCUT2D eigenvalue weighted by Crippen LogP contribution is 2.19. The van der Waals surface area contributed by atoms with Crippen molar-refractivity contribution in [1.29, 1.82) is 0 Å². The average molecular weight is 282 g/mol. The van der Waals surface area contributed by atoms with Crippen LogP contribution in [0.25, 0.3) is 0 Å².